The van der Waals surface area contributed by atoms with Gasteiger partial charge in [-0.2, -0.15) is 0 Å². The second-order valence-corrected chi connectivity index (χ2v) is 5.30. The third-order valence-corrected chi connectivity index (χ3v) is 4.16. The lowest BCUT2D eigenvalue weighted by Gasteiger charge is -2.15. The molecule has 3 nitrogen and oxygen atoms in total. The Kier molecular flexibility index (Phi) is 3.47. The van der Waals surface area contributed by atoms with E-state index in [0.717, 1.165) is 29.6 Å². The lowest BCUT2D eigenvalue weighted by molar-refractivity contribution is 0.419. The van der Waals surface area contributed by atoms with E-state index < -0.39 is 0 Å². The second kappa shape index (κ2) is 5.27. The Morgan fingerprint density at radius 2 is 2.05 bits per heavy atom. The van der Waals surface area contributed by atoms with Gasteiger partial charge in [0.25, 0.3) is 0 Å². The Labute approximate surface area is 118 Å². The van der Waals surface area contributed by atoms with Crippen LogP contribution >= 0.6 is 0 Å². The fraction of sp³-hybridized carbons (Fsp3) is 0.438. The van der Waals surface area contributed by atoms with Crippen molar-refractivity contribution in [2.45, 2.75) is 31.6 Å². The van der Waals surface area contributed by atoms with Gasteiger partial charge in [-0.05, 0) is 31.0 Å². The molecular formula is C16H19FN2O. The summed E-state index contributed by atoms with van der Waals surface area (Å²) in [5, 5.41) is 3.87. The summed E-state index contributed by atoms with van der Waals surface area (Å²) in [6.45, 7) is 0. The van der Waals surface area contributed by atoms with Crippen LogP contribution in [0, 0.1) is 5.82 Å². The lowest BCUT2D eigenvalue weighted by atomic mass is 10.0. The van der Waals surface area contributed by atoms with Crippen LogP contribution in [-0.2, 0) is 0 Å². The largest absolute Gasteiger partial charge is 0.496 e. The van der Waals surface area contributed by atoms with Crippen molar-refractivity contribution in [1.29, 1.82) is 0 Å². The van der Waals surface area contributed by atoms with Gasteiger partial charge in [-0.25, -0.2) is 9.37 Å². The number of ether oxygens (including phenoxy) is 1. The molecule has 106 valence electrons. The van der Waals surface area contributed by atoms with Crippen molar-refractivity contribution in [2.75, 3.05) is 19.5 Å². The number of hydrogen-bond acceptors (Lipinski definition) is 3. The first-order valence-electron chi connectivity index (χ1n) is 7.09. The van der Waals surface area contributed by atoms with Gasteiger partial charge in [0.2, 0.25) is 0 Å². The number of methoxy groups -OCH3 is 1. The van der Waals surface area contributed by atoms with Crippen molar-refractivity contribution in [3.63, 3.8) is 0 Å². The highest BCUT2D eigenvalue weighted by Crippen LogP contribution is 2.39. The van der Waals surface area contributed by atoms with Gasteiger partial charge >= 0.3 is 0 Å². The van der Waals surface area contributed by atoms with E-state index in [2.05, 4.69) is 10.3 Å². The van der Waals surface area contributed by atoms with Gasteiger partial charge < -0.3 is 10.1 Å². The minimum atomic E-state index is -0.294. The van der Waals surface area contributed by atoms with Crippen LogP contribution in [0.2, 0.25) is 0 Å². The quantitative estimate of drug-likeness (QED) is 0.915. The molecule has 1 heterocycles. The Bertz CT molecular complexity index is 636. The molecule has 1 aromatic heterocycles. The average Bonchev–Trinajstić information content (AvgIpc) is 3.01. The number of hydrogen-bond donors (Lipinski definition) is 1. The maximum Gasteiger partial charge on any atom is 0.149 e. The number of fused-ring (bicyclic) bond motifs is 1. The summed E-state index contributed by atoms with van der Waals surface area (Å²) < 4.78 is 19.5. The molecule has 0 bridgehead atoms. The molecule has 1 fully saturated rings. The first-order chi connectivity index (χ1) is 9.74. The van der Waals surface area contributed by atoms with Crippen LogP contribution < -0.4 is 10.1 Å². The molecule has 20 heavy (non-hydrogen) atoms. The fourth-order valence-corrected chi connectivity index (χ4v) is 3.10. The van der Waals surface area contributed by atoms with Gasteiger partial charge in [-0.15, -0.1) is 0 Å². The minimum absolute atomic E-state index is 0.294. The molecule has 0 saturated heterocycles. The van der Waals surface area contributed by atoms with E-state index in [1.165, 1.54) is 18.9 Å². The van der Waals surface area contributed by atoms with Gasteiger partial charge in [0.05, 0.1) is 12.5 Å². The van der Waals surface area contributed by atoms with Crippen LogP contribution in [0.4, 0.5) is 10.1 Å². The van der Waals surface area contributed by atoms with Crippen LogP contribution in [0.15, 0.2) is 18.2 Å². The molecule has 3 rings (SSSR count). The summed E-state index contributed by atoms with van der Waals surface area (Å²) in [4.78, 5) is 4.58. The fourth-order valence-electron chi connectivity index (χ4n) is 3.10. The van der Waals surface area contributed by atoms with Crippen LogP contribution in [-0.4, -0.2) is 19.1 Å². The third kappa shape index (κ3) is 2.09. The van der Waals surface area contributed by atoms with E-state index >= 15 is 0 Å². The van der Waals surface area contributed by atoms with Crippen molar-refractivity contribution in [3.8, 4) is 5.75 Å². The van der Waals surface area contributed by atoms with E-state index in [0.29, 0.717) is 17.2 Å². The van der Waals surface area contributed by atoms with Gasteiger partial charge in [0, 0.05) is 24.3 Å². The highest BCUT2D eigenvalue weighted by atomic mass is 19.1. The number of aromatic nitrogens is 1. The number of rotatable bonds is 3. The second-order valence-electron chi connectivity index (χ2n) is 5.30. The molecule has 0 atom stereocenters. The molecular weight excluding hydrogens is 255 g/mol. The molecule has 2 aromatic rings. The number of anilines is 1. The number of halogens is 1. The van der Waals surface area contributed by atoms with Crippen molar-refractivity contribution in [1.82, 2.24) is 4.98 Å². The average molecular weight is 274 g/mol. The predicted octanol–water partition coefficient (Wildman–Crippen LogP) is 4.08. The number of pyridine rings is 1. The normalized spacial score (nSPS) is 15.8. The highest BCUT2D eigenvalue weighted by Gasteiger charge is 2.21. The standard InChI is InChI=1S/C16H19FN2O/c1-18-13-9-12(10-5-3-4-6-10)19-16-11(17)7-8-14(20-2)15(13)16/h7-10H,3-6H2,1-2H3,(H,18,19). The van der Waals surface area contributed by atoms with Crippen molar-refractivity contribution < 1.29 is 9.13 Å². The molecule has 1 saturated carbocycles. The molecule has 0 spiro atoms. The third-order valence-electron chi connectivity index (χ3n) is 4.16. The van der Waals surface area contributed by atoms with Crippen LogP contribution in [0.25, 0.3) is 10.9 Å². The molecule has 0 unspecified atom stereocenters. The van der Waals surface area contributed by atoms with Crippen LogP contribution in [0.3, 0.4) is 0 Å². The van der Waals surface area contributed by atoms with E-state index in [9.17, 15) is 4.39 Å². The first-order valence-corrected chi connectivity index (χ1v) is 7.09. The highest BCUT2D eigenvalue weighted by molar-refractivity contribution is 5.97. The Morgan fingerprint density at radius 3 is 2.70 bits per heavy atom. The monoisotopic (exact) mass is 274 g/mol. The Morgan fingerprint density at radius 1 is 1.30 bits per heavy atom. The van der Waals surface area contributed by atoms with Gasteiger partial charge in [-0.3, -0.25) is 0 Å². The zero-order valence-electron chi connectivity index (χ0n) is 11.9. The van der Waals surface area contributed by atoms with Crippen molar-refractivity contribution in [2.24, 2.45) is 0 Å². The predicted molar refractivity (Wildman–Crippen MR) is 79.0 cm³/mol. The molecule has 0 radical (unpaired) electrons. The van der Waals surface area contributed by atoms with Crippen molar-refractivity contribution >= 4 is 16.6 Å². The Balaban J connectivity index is 2.24. The smallest absolute Gasteiger partial charge is 0.149 e. The summed E-state index contributed by atoms with van der Waals surface area (Å²) in [6.07, 6.45) is 4.76. The molecule has 4 heteroatoms. The van der Waals surface area contributed by atoms with E-state index in [1.54, 1.807) is 13.2 Å². The molecule has 1 aromatic carbocycles. The minimum Gasteiger partial charge on any atom is -0.496 e. The number of nitrogens with zero attached hydrogens (tertiary/aromatic N) is 1. The lowest BCUT2D eigenvalue weighted by Crippen LogP contribution is -2.02. The molecule has 1 aliphatic carbocycles. The van der Waals surface area contributed by atoms with Crippen molar-refractivity contribution in [3.05, 3.63) is 29.7 Å². The summed E-state index contributed by atoms with van der Waals surface area (Å²) >= 11 is 0. The Hall–Kier alpha value is -1.84. The molecule has 0 amide bonds. The molecule has 1 aliphatic rings. The molecule has 0 aliphatic heterocycles. The summed E-state index contributed by atoms with van der Waals surface area (Å²) in [5.74, 6) is 0.811. The topological polar surface area (TPSA) is 34.2 Å². The van der Waals surface area contributed by atoms with Crippen LogP contribution in [0.1, 0.15) is 37.3 Å². The summed E-state index contributed by atoms with van der Waals surface area (Å²) in [7, 11) is 3.44. The number of benzene rings is 1. The number of nitrogens with one attached hydrogen (secondary N) is 1. The first kappa shape index (κ1) is 13.2. The maximum absolute atomic E-state index is 14.1. The van der Waals surface area contributed by atoms with E-state index in [4.69, 9.17) is 4.74 Å². The zero-order valence-corrected chi connectivity index (χ0v) is 11.9. The van der Waals surface area contributed by atoms with Gasteiger partial charge in [0.15, 0.2) is 0 Å². The zero-order chi connectivity index (χ0) is 14.1. The maximum atomic E-state index is 14.1. The van der Waals surface area contributed by atoms with Crippen LogP contribution in [0.5, 0.6) is 5.75 Å². The van der Waals surface area contributed by atoms with E-state index in [1.807, 2.05) is 13.1 Å². The molecule has 1 N–H and O–H groups in total. The summed E-state index contributed by atoms with van der Waals surface area (Å²) in [6, 6.07) is 5.11. The van der Waals surface area contributed by atoms with Gasteiger partial charge in [0.1, 0.15) is 17.1 Å². The SMILES string of the molecule is CNc1cc(C2CCCC2)nc2c(F)ccc(OC)c12. The van der Waals surface area contributed by atoms with E-state index in [-0.39, 0.29) is 5.82 Å². The van der Waals surface area contributed by atoms with Gasteiger partial charge in [-0.1, -0.05) is 12.8 Å². The summed E-state index contributed by atoms with van der Waals surface area (Å²) in [5.41, 5.74) is 2.28.